The minimum atomic E-state index is 0.248. The number of allylic oxidation sites excluding steroid dienone is 6. The maximum absolute atomic E-state index is 11.4. The first-order valence-corrected chi connectivity index (χ1v) is 5.18. The van der Waals surface area contributed by atoms with Crippen molar-refractivity contribution in [2.24, 2.45) is 0 Å². The van der Waals surface area contributed by atoms with Crippen LogP contribution in [0.2, 0.25) is 0 Å². The molecule has 0 amide bonds. The Morgan fingerprint density at radius 2 is 2.07 bits per heavy atom. The Hall–Kier alpha value is -1.44. The van der Waals surface area contributed by atoms with E-state index in [2.05, 4.69) is 0 Å². The third-order valence-electron chi connectivity index (χ3n) is 2.63. The van der Waals surface area contributed by atoms with Crippen molar-refractivity contribution < 1.29 is 9.59 Å². The summed E-state index contributed by atoms with van der Waals surface area (Å²) in [6.45, 7) is 3.74. The van der Waals surface area contributed by atoms with E-state index in [1.54, 1.807) is 0 Å². The first kappa shape index (κ1) is 11.6. The summed E-state index contributed by atoms with van der Waals surface area (Å²) < 4.78 is 0. The van der Waals surface area contributed by atoms with Crippen LogP contribution in [-0.4, -0.2) is 12.1 Å². The van der Waals surface area contributed by atoms with Gasteiger partial charge in [0.05, 0.1) is 0 Å². The van der Waals surface area contributed by atoms with Gasteiger partial charge in [0.25, 0.3) is 0 Å². The predicted molar refractivity (Wildman–Crippen MR) is 60.5 cm³/mol. The number of Topliss-reactive ketones (excluding diaryl/α,β-unsaturated/α-hetero) is 1. The Bertz CT molecular complexity index is 357. The summed E-state index contributed by atoms with van der Waals surface area (Å²) in [6, 6.07) is 0. The van der Waals surface area contributed by atoms with E-state index < -0.39 is 0 Å². The molecule has 0 heterocycles. The number of hydrogen-bond donors (Lipinski definition) is 0. The lowest BCUT2D eigenvalue weighted by Gasteiger charge is -2.13. The second-order valence-corrected chi connectivity index (χ2v) is 3.81. The highest BCUT2D eigenvalue weighted by atomic mass is 16.1. The lowest BCUT2D eigenvalue weighted by atomic mass is 9.91. The van der Waals surface area contributed by atoms with E-state index >= 15 is 0 Å². The first-order chi connectivity index (χ1) is 7.15. The van der Waals surface area contributed by atoms with E-state index in [1.807, 2.05) is 26.0 Å². The summed E-state index contributed by atoms with van der Waals surface area (Å²) in [4.78, 5) is 21.6. The molecule has 0 aromatic rings. The molecule has 0 atom stereocenters. The molecule has 80 valence electrons. The van der Waals surface area contributed by atoms with Crippen molar-refractivity contribution in [2.75, 3.05) is 0 Å². The van der Waals surface area contributed by atoms with Crippen molar-refractivity contribution in [1.29, 1.82) is 0 Å². The summed E-state index contributed by atoms with van der Waals surface area (Å²) in [6.07, 6.45) is 8.68. The number of ketones is 1. The molecule has 1 rings (SSSR count). The second kappa shape index (κ2) is 5.44. The number of hydrogen-bond acceptors (Lipinski definition) is 2. The molecular formula is C13H16O2. The molecule has 0 aliphatic heterocycles. The number of aldehydes is 1. The molecule has 2 heteroatoms. The Labute approximate surface area is 90.4 Å². The summed E-state index contributed by atoms with van der Waals surface area (Å²) >= 11 is 0. The van der Waals surface area contributed by atoms with Crippen molar-refractivity contribution >= 4 is 12.1 Å². The molecule has 0 bridgehead atoms. The fourth-order valence-corrected chi connectivity index (χ4v) is 1.60. The highest BCUT2D eigenvalue weighted by Crippen LogP contribution is 2.22. The minimum absolute atomic E-state index is 0.248. The highest BCUT2D eigenvalue weighted by Gasteiger charge is 2.14. The maximum Gasteiger partial charge on any atom is 0.158 e. The fourth-order valence-electron chi connectivity index (χ4n) is 1.60. The standard InChI is InChI=1S/C13H16O2/c1-10(8-9-14)6-7-12-4-3-5-13(15)11(12)2/h6-9H,3-5H2,1-2H3/b7-6+,10-8-. The van der Waals surface area contributed by atoms with Crippen LogP contribution >= 0.6 is 0 Å². The van der Waals surface area contributed by atoms with E-state index in [0.29, 0.717) is 6.42 Å². The molecule has 1 aliphatic rings. The van der Waals surface area contributed by atoms with Crippen LogP contribution in [0, 0.1) is 0 Å². The van der Waals surface area contributed by atoms with Gasteiger partial charge >= 0.3 is 0 Å². The van der Waals surface area contributed by atoms with Gasteiger partial charge in [-0.05, 0) is 49.5 Å². The predicted octanol–water partition coefficient (Wildman–Crippen LogP) is 2.76. The number of carbonyl (C=O) groups excluding carboxylic acids is 2. The summed E-state index contributed by atoms with van der Waals surface area (Å²) in [5.74, 6) is 0.248. The molecule has 0 spiro atoms. The van der Waals surface area contributed by atoms with Gasteiger partial charge in [0.1, 0.15) is 6.29 Å². The summed E-state index contributed by atoms with van der Waals surface area (Å²) in [5.41, 5.74) is 2.88. The van der Waals surface area contributed by atoms with Gasteiger partial charge in [-0.2, -0.15) is 0 Å². The second-order valence-electron chi connectivity index (χ2n) is 3.81. The van der Waals surface area contributed by atoms with Crippen molar-refractivity contribution in [3.63, 3.8) is 0 Å². The van der Waals surface area contributed by atoms with Gasteiger partial charge in [0, 0.05) is 6.42 Å². The highest BCUT2D eigenvalue weighted by molar-refractivity contribution is 5.96. The van der Waals surface area contributed by atoms with Crippen LogP contribution in [0.5, 0.6) is 0 Å². The van der Waals surface area contributed by atoms with Gasteiger partial charge in [-0.1, -0.05) is 12.2 Å². The van der Waals surface area contributed by atoms with Crippen LogP contribution in [0.15, 0.2) is 34.9 Å². The van der Waals surface area contributed by atoms with E-state index in [9.17, 15) is 9.59 Å². The topological polar surface area (TPSA) is 34.1 Å². The average Bonchev–Trinajstić information content (AvgIpc) is 2.21. The zero-order chi connectivity index (χ0) is 11.3. The first-order valence-electron chi connectivity index (χ1n) is 5.18. The molecule has 0 saturated carbocycles. The van der Waals surface area contributed by atoms with E-state index in [0.717, 1.165) is 35.8 Å². The van der Waals surface area contributed by atoms with Gasteiger partial charge in [-0.25, -0.2) is 0 Å². The van der Waals surface area contributed by atoms with Crippen molar-refractivity contribution in [3.8, 4) is 0 Å². The van der Waals surface area contributed by atoms with E-state index in [1.165, 1.54) is 6.08 Å². The number of rotatable bonds is 3. The van der Waals surface area contributed by atoms with Crippen LogP contribution in [-0.2, 0) is 9.59 Å². The largest absolute Gasteiger partial charge is 0.299 e. The molecular weight excluding hydrogens is 188 g/mol. The molecule has 0 radical (unpaired) electrons. The Kier molecular flexibility index (Phi) is 4.22. The summed E-state index contributed by atoms with van der Waals surface area (Å²) in [5, 5.41) is 0. The van der Waals surface area contributed by atoms with Crippen LogP contribution in [0.1, 0.15) is 33.1 Å². The molecule has 1 aliphatic carbocycles. The third-order valence-corrected chi connectivity index (χ3v) is 2.63. The quantitative estimate of drug-likeness (QED) is 0.402. The Morgan fingerprint density at radius 1 is 1.33 bits per heavy atom. The normalized spacial score (nSPS) is 18.8. The average molecular weight is 204 g/mol. The van der Waals surface area contributed by atoms with Crippen LogP contribution in [0.25, 0.3) is 0 Å². The lowest BCUT2D eigenvalue weighted by Crippen LogP contribution is -2.07. The van der Waals surface area contributed by atoms with Crippen LogP contribution < -0.4 is 0 Å². The molecule has 0 fully saturated rings. The van der Waals surface area contributed by atoms with Gasteiger partial charge in [0.15, 0.2) is 5.78 Å². The molecule has 0 N–H and O–H groups in total. The Balaban J connectivity index is 2.81. The Morgan fingerprint density at radius 3 is 2.73 bits per heavy atom. The van der Waals surface area contributed by atoms with Crippen molar-refractivity contribution in [3.05, 3.63) is 34.9 Å². The monoisotopic (exact) mass is 204 g/mol. The van der Waals surface area contributed by atoms with Gasteiger partial charge in [-0.3, -0.25) is 9.59 Å². The van der Waals surface area contributed by atoms with Crippen molar-refractivity contribution in [2.45, 2.75) is 33.1 Å². The zero-order valence-electron chi connectivity index (χ0n) is 9.25. The maximum atomic E-state index is 11.4. The molecule has 0 unspecified atom stereocenters. The van der Waals surface area contributed by atoms with Crippen molar-refractivity contribution in [1.82, 2.24) is 0 Å². The molecule has 0 aromatic carbocycles. The summed E-state index contributed by atoms with van der Waals surface area (Å²) in [7, 11) is 0. The minimum Gasteiger partial charge on any atom is -0.299 e. The molecule has 0 aromatic heterocycles. The van der Waals surface area contributed by atoms with Gasteiger partial charge < -0.3 is 0 Å². The third kappa shape index (κ3) is 3.31. The molecule has 15 heavy (non-hydrogen) atoms. The molecule has 0 saturated heterocycles. The van der Waals surface area contributed by atoms with Gasteiger partial charge in [0.2, 0.25) is 0 Å². The van der Waals surface area contributed by atoms with E-state index in [-0.39, 0.29) is 5.78 Å². The zero-order valence-corrected chi connectivity index (χ0v) is 9.25. The lowest BCUT2D eigenvalue weighted by molar-refractivity contribution is -0.116. The smallest absolute Gasteiger partial charge is 0.158 e. The number of carbonyl (C=O) groups is 2. The van der Waals surface area contributed by atoms with E-state index in [4.69, 9.17) is 0 Å². The fraction of sp³-hybridized carbons (Fsp3) is 0.385. The molecule has 2 nitrogen and oxygen atoms in total. The van der Waals surface area contributed by atoms with Gasteiger partial charge in [-0.15, -0.1) is 0 Å². The van der Waals surface area contributed by atoms with Crippen LogP contribution in [0.4, 0.5) is 0 Å². The SMILES string of the molecule is CC1=C(/C=C/C(C)=C\C=O)CCCC1=O. The van der Waals surface area contributed by atoms with Crippen LogP contribution in [0.3, 0.4) is 0 Å².